The molecule has 1 aromatic carbocycles. The largest absolute Gasteiger partial charge is 0.491 e. The third kappa shape index (κ3) is 9.55. The smallest absolute Gasteiger partial charge is 0.119 e. The zero-order valence-corrected chi connectivity index (χ0v) is 16.8. The summed E-state index contributed by atoms with van der Waals surface area (Å²) < 4.78 is 5.68. The maximum absolute atomic E-state index is 10.1. The molecule has 0 amide bonds. The topological polar surface area (TPSA) is 41.5 Å². The summed E-state index contributed by atoms with van der Waals surface area (Å²) in [6.07, 6.45) is 3.21. The third-order valence-corrected chi connectivity index (χ3v) is 4.84. The monoisotopic (exact) mass is 353 g/mol. The predicted molar refractivity (Wildman–Crippen MR) is 105 cm³/mol. The van der Waals surface area contributed by atoms with Crippen LogP contribution in [-0.2, 0) is 0 Å². The zero-order chi connectivity index (χ0) is 18.0. The van der Waals surface area contributed by atoms with Crippen molar-refractivity contribution in [1.82, 2.24) is 5.32 Å². The molecule has 0 spiro atoms. The highest BCUT2D eigenvalue weighted by Crippen LogP contribution is 2.25. The second-order valence-corrected chi connectivity index (χ2v) is 9.15. The maximum atomic E-state index is 10.1. The third-order valence-electron chi connectivity index (χ3n) is 3.83. The standard InChI is InChI=1S/C20H35NO2S/c1-6-7-12-20(4,5)15-21-13-17(22)14-23-18-8-10-19(11-9-18)24-16(2)3/h8-11,16-17,21-22H,6-7,12-15H2,1-5H3. The van der Waals surface area contributed by atoms with Crippen molar-refractivity contribution in [2.75, 3.05) is 19.7 Å². The average molecular weight is 354 g/mol. The molecule has 0 aromatic heterocycles. The van der Waals surface area contributed by atoms with Gasteiger partial charge < -0.3 is 15.2 Å². The van der Waals surface area contributed by atoms with Crippen molar-refractivity contribution >= 4 is 11.8 Å². The molecular formula is C20H35NO2S. The van der Waals surface area contributed by atoms with E-state index in [0.29, 0.717) is 18.4 Å². The number of aliphatic hydroxyl groups excluding tert-OH is 1. The molecule has 0 aliphatic rings. The molecule has 1 rings (SSSR count). The summed E-state index contributed by atoms with van der Waals surface area (Å²) in [5, 5.41) is 14.0. The molecule has 1 unspecified atom stereocenters. The lowest BCUT2D eigenvalue weighted by Gasteiger charge is -2.25. The van der Waals surface area contributed by atoms with Crippen molar-refractivity contribution in [2.24, 2.45) is 5.41 Å². The number of thioether (sulfide) groups is 1. The van der Waals surface area contributed by atoms with Crippen molar-refractivity contribution in [1.29, 1.82) is 0 Å². The molecule has 0 aliphatic heterocycles. The molecule has 2 N–H and O–H groups in total. The summed E-state index contributed by atoms with van der Waals surface area (Å²) in [4.78, 5) is 1.24. The first kappa shape index (κ1) is 21.3. The summed E-state index contributed by atoms with van der Waals surface area (Å²) >= 11 is 1.84. The van der Waals surface area contributed by atoms with E-state index in [4.69, 9.17) is 4.74 Å². The molecule has 0 aliphatic carbocycles. The second kappa shape index (κ2) is 11.0. The first-order valence-electron chi connectivity index (χ1n) is 9.10. The number of rotatable bonds is 12. The number of ether oxygens (including phenoxy) is 1. The Kier molecular flexibility index (Phi) is 9.79. The van der Waals surface area contributed by atoms with E-state index < -0.39 is 6.10 Å². The fourth-order valence-electron chi connectivity index (χ4n) is 2.46. The van der Waals surface area contributed by atoms with Gasteiger partial charge in [-0.05, 0) is 36.1 Å². The molecule has 138 valence electrons. The van der Waals surface area contributed by atoms with Gasteiger partial charge in [-0.1, -0.05) is 47.5 Å². The van der Waals surface area contributed by atoms with Crippen LogP contribution in [0, 0.1) is 5.41 Å². The first-order valence-corrected chi connectivity index (χ1v) is 9.98. The first-order chi connectivity index (χ1) is 11.3. The summed E-state index contributed by atoms with van der Waals surface area (Å²) in [6.45, 7) is 12.9. The Bertz CT molecular complexity index is 445. The van der Waals surface area contributed by atoms with Crippen LogP contribution in [-0.4, -0.2) is 36.2 Å². The number of hydrogen-bond acceptors (Lipinski definition) is 4. The maximum Gasteiger partial charge on any atom is 0.119 e. The van der Waals surface area contributed by atoms with Crippen LogP contribution < -0.4 is 10.1 Å². The van der Waals surface area contributed by atoms with Gasteiger partial charge >= 0.3 is 0 Å². The Hall–Kier alpha value is -0.710. The molecular weight excluding hydrogens is 318 g/mol. The SMILES string of the molecule is CCCCC(C)(C)CNCC(O)COc1ccc(SC(C)C)cc1. The van der Waals surface area contributed by atoms with E-state index in [-0.39, 0.29) is 5.41 Å². The number of unbranched alkanes of at least 4 members (excludes halogenated alkanes) is 1. The molecule has 1 atom stereocenters. The van der Waals surface area contributed by atoms with Crippen LogP contribution >= 0.6 is 11.8 Å². The van der Waals surface area contributed by atoms with E-state index in [1.54, 1.807) is 0 Å². The van der Waals surface area contributed by atoms with E-state index in [0.717, 1.165) is 12.3 Å². The lowest BCUT2D eigenvalue weighted by Crippen LogP contribution is -2.37. The minimum absolute atomic E-state index is 0.278. The summed E-state index contributed by atoms with van der Waals surface area (Å²) in [5.74, 6) is 0.811. The minimum Gasteiger partial charge on any atom is -0.491 e. The van der Waals surface area contributed by atoms with Gasteiger partial charge in [-0.15, -0.1) is 11.8 Å². The Morgan fingerprint density at radius 3 is 2.46 bits per heavy atom. The van der Waals surface area contributed by atoms with Crippen LogP contribution in [0.4, 0.5) is 0 Å². The van der Waals surface area contributed by atoms with Gasteiger partial charge in [0.25, 0.3) is 0 Å². The van der Waals surface area contributed by atoms with Crippen LogP contribution in [0.15, 0.2) is 29.2 Å². The lowest BCUT2D eigenvalue weighted by molar-refractivity contribution is 0.103. The van der Waals surface area contributed by atoms with Gasteiger partial charge in [0.1, 0.15) is 18.5 Å². The van der Waals surface area contributed by atoms with Gasteiger partial charge in [-0.25, -0.2) is 0 Å². The molecule has 0 saturated heterocycles. The highest BCUT2D eigenvalue weighted by Gasteiger charge is 2.17. The van der Waals surface area contributed by atoms with Crippen molar-refractivity contribution in [2.45, 2.75) is 70.1 Å². The fraction of sp³-hybridized carbons (Fsp3) is 0.700. The molecule has 3 nitrogen and oxygen atoms in total. The predicted octanol–water partition coefficient (Wildman–Crippen LogP) is 4.73. The summed E-state index contributed by atoms with van der Waals surface area (Å²) in [7, 11) is 0. The molecule has 4 heteroatoms. The summed E-state index contributed by atoms with van der Waals surface area (Å²) in [6, 6.07) is 8.08. The number of nitrogens with one attached hydrogen (secondary N) is 1. The van der Waals surface area contributed by atoms with Gasteiger partial charge in [0.15, 0.2) is 0 Å². The molecule has 1 aromatic rings. The van der Waals surface area contributed by atoms with Gasteiger partial charge in [-0.3, -0.25) is 0 Å². The molecule has 0 heterocycles. The molecule has 24 heavy (non-hydrogen) atoms. The van der Waals surface area contributed by atoms with Crippen LogP contribution in [0.2, 0.25) is 0 Å². The normalized spacial score (nSPS) is 13.3. The highest BCUT2D eigenvalue weighted by atomic mass is 32.2. The van der Waals surface area contributed by atoms with Crippen molar-refractivity contribution in [3.63, 3.8) is 0 Å². The van der Waals surface area contributed by atoms with Gasteiger partial charge in [-0.2, -0.15) is 0 Å². The Morgan fingerprint density at radius 1 is 1.21 bits per heavy atom. The van der Waals surface area contributed by atoms with Crippen LogP contribution in [0.25, 0.3) is 0 Å². The highest BCUT2D eigenvalue weighted by molar-refractivity contribution is 7.99. The quantitative estimate of drug-likeness (QED) is 0.533. The molecule has 0 bridgehead atoms. The van der Waals surface area contributed by atoms with Gasteiger partial charge in [0, 0.05) is 23.2 Å². The Labute approximate surface area is 152 Å². The van der Waals surface area contributed by atoms with E-state index >= 15 is 0 Å². The lowest BCUT2D eigenvalue weighted by atomic mass is 9.87. The van der Waals surface area contributed by atoms with Crippen LogP contribution in [0.1, 0.15) is 53.9 Å². The van der Waals surface area contributed by atoms with E-state index in [9.17, 15) is 5.11 Å². The van der Waals surface area contributed by atoms with Crippen molar-refractivity contribution in [3.8, 4) is 5.75 Å². The van der Waals surface area contributed by atoms with E-state index in [1.165, 1.54) is 24.2 Å². The van der Waals surface area contributed by atoms with Gasteiger partial charge in [0.05, 0.1) is 0 Å². The van der Waals surface area contributed by atoms with Crippen molar-refractivity contribution < 1.29 is 9.84 Å². The summed E-state index contributed by atoms with van der Waals surface area (Å²) in [5.41, 5.74) is 0.278. The molecule has 0 fully saturated rings. The number of benzene rings is 1. The second-order valence-electron chi connectivity index (χ2n) is 7.50. The van der Waals surface area contributed by atoms with Crippen LogP contribution in [0.3, 0.4) is 0 Å². The fourth-order valence-corrected chi connectivity index (χ4v) is 3.30. The van der Waals surface area contributed by atoms with Crippen LogP contribution in [0.5, 0.6) is 5.75 Å². The number of hydrogen-bond donors (Lipinski definition) is 2. The van der Waals surface area contributed by atoms with E-state index in [1.807, 2.05) is 23.9 Å². The van der Waals surface area contributed by atoms with Crippen molar-refractivity contribution in [3.05, 3.63) is 24.3 Å². The minimum atomic E-state index is -0.489. The number of aliphatic hydroxyl groups is 1. The molecule has 0 radical (unpaired) electrons. The van der Waals surface area contributed by atoms with E-state index in [2.05, 4.69) is 52.1 Å². The van der Waals surface area contributed by atoms with Gasteiger partial charge in [0.2, 0.25) is 0 Å². The zero-order valence-electron chi connectivity index (χ0n) is 16.0. The molecule has 0 saturated carbocycles. The average Bonchev–Trinajstić information content (AvgIpc) is 2.51. The Morgan fingerprint density at radius 2 is 1.88 bits per heavy atom. The Balaban J connectivity index is 2.24.